The molecule has 4 rings (SSSR count). The highest BCUT2D eigenvalue weighted by Crippen LogP contribution is 2.21. The lowest BCUT2D eigenvalue weighted by Gasteiger charge is -2.25. The van der Waals surface area contributed by atoms with Gasteiger partial charge in [-0.1, -0.05) is 6.07 Å². The molecular weight excluding hydrogens is 486 g/mol. The van der Waals surface area contributed by atoms with E-state index in [-0.39, 0.29) is 12.5 Å². The second-order valence-electron chi connectivity index (χ2n) is 9.94. The molecule has 3 N–H and O–H groups in total. The summed E-state index contributed by atoms with van der Waals surface area (Å²) in [6, 6.07) is 3.38. The molecule has 4 heterocycles. The molecular formula is C26H37N9O3. The maximum Gasteiger partial charge on any atom is 0.326 e. The predicted molar refractivity (Wildman–Crippen MR) is 145 cm³/mol. The SMILES string of the molecule is CN(C)C(=O)CN(CCCCc1ccc2c(n1)NCCC2)CC[C@H](Nc1ncnc2cn(C)nc12)C(=O)O. The predicted octanol–water partition coefficient (Wildman–Crippen LogP) is 1.78. The summed E-state index contributed by atoms with van der Waals surface area (Å²) in [4.78, 5) is 41.3. The van der Waals surface area contributed by atoms with Gasteiger partial charge in [-0.05, 0) is 56.7 Å². The number of carboxylic acids is 1. The van der Waals surface area contributed by atoms with Crippen LogP contribution in [-0.2, 0) is 29.5 Å². The first kappa shape index (κ1) is 27.2. The van der Waals surface area contributed by atoms with E-state index in [0.717, 1.165) is 50.2 Å². The molecule has 0 aliphatic carbocycles. The van der Waals surface area contributed by atoms with Crippen molar-refractivity contribution >= 4 is 34.5 Å². The van der Waals surface area contributed by atoms with Crippen molar-refractivity contribution in [2.24, 2.45) is 7.05 Å². The minimum atomic E-state index is -0.987. The molecule has 0 saturated heterocycles. The quantitative estimate of drug-likeness (QED) is 0.284. The zero-order valence-electron chi connectivity index (χ0n) is 22.4. The summed E-state index contributed by atoms with van der Waals surface area (Å²) in [5.41, 5.74) is 3.50. The summed E-state index contributed by atoms with van der Waals surface area (Å²) < 4.78 is 1.62. The molecule has 12 nitrogen and oxygen atoms in total. The van der Waals surface area contributed by atoms with Gasteiger partial charge in [0.1, 0.15) is 23.7 Å². The zero-order valence-corrected chi connectivity index (χ0v) is 22.4. The number of anilines is 2. The average Bonchev–Trinajstić information content (AvgIpc) is 3.29. The van der Waals surface area contributed by atoms with Crippen molar-refractivity contribution in [3.05, 3.63) is 35.9 Å². The van der Waals surface area contributed by atoms with Gasteiger partial charge in [-0.2, -0.15) is 5.10 Å². The van der Waals surface area contributed by atoms with Gasteiger partial charge in [-0.25, -0.2) is 19.7 Å². The van der Waals surface area contributed by atoms with E-state index in [2.05, 4.69) is 37.8 Å². The lowest BCUT2D eigenvalue weighted by molar-refractivity contribution is -0.138. The monoisotopic (exact) mass is 523 g/mol. The van der Waals surface area contributed by atoms with Gasteiger partial charge in [0.2, 0.25) is 5.91 Å². The molecule has 3 aromatic rings. The summed E-state index contributed by atoms with van der Waals surface area (Å²) in [5, 5.41) is 20.6. The largest absolute Gasteiger partial charge is 0.480 e. The fourth-order valence-electron chi connectivity index (χ4n) is 4.54. The molecule has 204 valence electrons. The molecule has 0 saturated carbocycles. The van der Waals surface area contributed by atoms with Crippen LogP contribution >= 0.6 is 0 Å². The molecule has 38 heavy (non-hydrogen) atoms. The Kier molecular flexibility index (Phi) is 9.06. The number of carbonyl (C=O) groups is 2. The number of carbonyl (C=O) groups excluding carboxylic acids is 1. The van der Waals surface area contributed by atoms with Crippen LogP contribution in [-0.4, -0.2) is 97.8 Å². The van der Waals surface area contributed by atoms with Crippen molar-refractivity contribution in [3.63, 3.8) is 0 Å². The van der Waals surface area contributed by atoms with Crippen LogP contribution in [0.15, 0.2) is 24.7 Å². The van der Waals surface area contributed by atoms with Crippen molar-refractivity contribution in [1.29, 1.82) is 0 Å². The van der Waals surface area contributed by atoms with Crippen LogP contribution in [0.1, 0.15) is 36.9 Å². The maximum absolute atomic E-state index is 12.5. The molecule has 0 fully saturated rings. The number of rotatable bonds is 13. The molecule has 1 aliphatic rings. The zero-order chi connectivity index (χ0) is 27.1. The van der Waals surface area contributed by atoms with Gasteiger partial charge in [0.05, 0.1) is 12.7 Å². The molecule has 0 spiro atoms. The number of pyridine rings is 1. The van der Waals surface area contributed by atoms with E-state index in [0.29, 0.717) is 36.4 Å². The van der Waals surface area contributed by atoms with Crippen LogP contribution < -0.4 is 10.6 Å². The normalized spacial score (nSPS) is 13.7. The number of fused-ring (bicyclic) bond motifs is 2. The average molecular weight is 524 g/mol. The van der Waals surface area contributed by atoms with E-state index < -0.39 is 12.0 Å². The fourth-order valence-corrected chi connectivity index (χ4v) is 4.54. The Morgan fingerprint density at radius 2 is 2.05 bits per heavy atom. The molecule has 0 radical (unpaired) electrons. The highest BCUT2D eigenvalue weighted by molar-refractivity contribution is 5.87. The van der Waals surface area contributed by atoms with Crippen molar-refractivity contribution in [3.8, 4) is 0 Å². The third-order valence-electron chi connectivity index (χ3n) is 6.73. The Morgan fingerprint density at radius 3 is 2.84 bits per heavy atom. The molecule has 3 aromatic heterocycles. The van der Waals surface area contributed by atoms with Gasteiger partial charge < -0.3 is 20.6 Å². The Hall–Kier alpha value is -3.80. The standard InChI is InChI=1S/C26H37N9O3/c1-33(2)22(36)16-35(13-5-4-8-19-10-9-18-7-6-12-27-24(18)30-19)14-11-20(26(37)38)31-25-23-21(28-17-29-25)15-34(3)32-23/h9-10,15,17,20H,4-8,11-14,16H2,1-3H3,(H,27,30)(H,37,38)(H,28,29,31)/t20-/m0/s1. The Bertz CT molecular complexity index is 1260. The number of likely N-dealkylation sites (N-methyl/N-ethyl adjacent to an activating group) is 1. The number of hydrogen-bond donors (Lipinski definition) is 3. The van der Waals surface area contributed by atoms with E-state index in [9.17, 15) is 14.7 Å². The van der Waals surface area contributed by atoms with Gasteiger partial charge in [0, 0.05) is 39.9 Å². The van der Waals surface area contributed by atoms with Crippen molar-refractivity contribution < 1.29 is 14.7 Å². The maximum atomic E-state index is 12.5. The third-order valence-corrected chi connectivity index (χ3v) is 6.73. The highest BCUT2D eigenvalue weighted by atomic mass is 16.4. The van der Waals surface area contributed by atoms with Gasteiger partial charge >= 0.3 is 5.97 Å². The van der Waals surface area contributed by atoms with Crippen LogP contribution in [0.25, 0.3) is 11.0 Å². The Morgan fingerprint density at radius 1 is 1.21 bits per heavy atom. The summed E-state index contributed by atoms with van der Waals surface area (Å²) in [6.07, 6.45) is 8.31. The number of unbranched alkanes of at least 4 members (excludes halogenated alkanes) is 1. The van der Waals surface area contributed by atoms with Gasteiger partial charge in [0.15, 0.2) is 11.3 Å². The molecule has 0 bridgehead atoms. The minimum absolute atomic E-state index is 0.0155. The number of carboxylic acid groups (broad SMARTS) is 1. The first-order chi connectivity index (χ1) is 18.3. The smallest absolute Gasteiger partial charge is 0.326 e. The van der Waals surface area contributed by atoms with Crippen molar-refractivity contribution in [2.75, 3.05) is 50.9 Å². The van der Waals surface area contributed by atoms with E-state index in [1.807, 2.05) is 4.90 Å². The number of amides is 1. The van der Waals surface area contributed by atoms with Crippen molar-refractivity contribution in [2.45, 2.75) is 44.6 Å². The van der Waals surface area contributed by atoms with Crippen molar-refractivity contribution in [1.82, 2.24) is 34.5 Å². The van der Waals surface area contributed by atoms with Gasteiger partial charge in [-0.15, -0.1) is 0 Å². The summed E-state index contributed by atoms with van der Waals surface area (Å²) in [6.45, 7) is 2.33. The number of aromatic nitrogens is 5. The fraction of sp³-hybridized carbons (Fsp3) is 0.538. The number of aryl methyl sites for hydroxylation is 3. The minimum Gasteiger partial charge on any atom is -0.480 e. The van der Waals surface area contributed by atoms with Crippen LogP contribution in [0.4, 0.5) is 11.6 Å². The third kappa shape index (κ3) is 7.15. The lowest BCUT2D eigenvalue weighted by Crippen LogP contribution is -2.40. The van der Waals surface area contributed by atoms with Gasteiger partial charge in [0.25, 0.3) is 0 Å². The van der Waals surface area contributed by atoms with Crippen LogP contribution in [0.3, 0.4) is 0 Å². The molecule has 1 amide bonds. The number of nitrogens with one attached hydrogen (secondary N) is 2. The molecule has 0 aromatic carbocycles. The first-order valence-corrected chi connectivity index (χ1v) is 13.1. The van der Waals surface area contributed by atoms with Crippen LogP contribution in [0.2, 0.25) is 0 Å². The second kappa shape index (κ2) is 12.6. The summed E-state index contributed by atoms with van der Waals surface area (Å²) in [5.74, 6) is 0.383. The summed E-state index contributed by atoms with van der Waals surface area (Å²) >= 11 is 0. The summed E-state index contributed by atoms with van der Waals surface area (Å²) in [7, 11) is 5.23. The Labute approximate surface area is 222 Å². The Balaban J connectivity index is 1.34. The number of hydrogen-bond acceptors (Lipinski definition) is 9. The lowest BCUT2D eigenvalue weighted by atomic mass is 10.1. The van der Waals surface area contributed by atoms with Gasteiger partial charge in [-0.3, -0.25) is 14.4 Å². The van der Waals surface area contributed by atoms with Crippen LogP contribution in [0, 0.1) is 0 Å². The highest BCUT2D eigenvalue weighted by Gasteiger charge is 2.22. The molecule has 1 aliphatic heterocycles. The van der Waals surface area contributed by atoms with E-state index in [1.54, 1.807) is 36.9 Å². The molecule has 0 unspecified atom stereocenters. The number of aliphatic carboxylic acids is 1. The first-order valence-electron chi connectivity index (χ1n) is 13.1. The van der Waals surface area contributed by atoms with E-state index >= 15 is 0 Å². The van der Waals surface area contributed by atoms with Crippen LogP contribution in [0.5, 0.6) is 0 Å². The number of nitrogens with zero attached hydrogens (tertiary/aromatic N) is 7. The molecule has 1 atom stereocenters. The second-order valence-corrected chi connectivity index (χ2v) is 9.94. The topological polar surface area (TPSA) is 141 Å². The van der Waals surface area contributed by atoms with E-state index in [4.69, 9.17) is 4.98 Å². The van der Waals surface area contributed by atoms with E-state index in [1.165, 1.54) is 11.9 Å². The molecule has 12 heteroatoms.